The average molecular weight is 345 g/mol. The highest BCUT2D eigenvalue weighted by Crippen LogP contribution is 2.29. The number of hydrogen-bond acceptors (Lipinski definition) is 5. The predicted octanol–water partition coefficient (Wildman–Crippen LogP) is 2.34. The van der Waals surface area contributed by atoms with Crippen molar-refractivity contribution in [1.29, 1.82) is 0 Å². The summed E-state index contributed by atoms with van der Waals surface area (Å²) in [6.45, 7) is 15.0. The molecular weight excluding hydrogens is 316 g/mol. The topological polar surface area (TPSA) is 31.4 Å². The molecule has 3 rings (SSSR count). The van der Waals surface area contributed by atoms with Crippen LogP contribution in [0.4, 0.5) is 0 Å². The summed E-state index contributed by atoms with van der Waals surface area (Å²) in [5.41, 5.74) is 0.226. The Morgan fingerprint density at radius 2 is 2.00 bits per heavy atom. The molecular formula is C16H29ClN4S. The van der Waals surface area contributed by atoms with E-state index < -0.39 is 0 Å². The molecule has 1 aromatic heterocycles. The van der Waals surface area contributed by atoms with Crippen LogP contribution in [0.3, 0.4) is 0 Å². The first-order valence-corrected chi connectivity index (χ1v) is 8.96. The van der Waals surface area contributed by atoms with Gasteiger partial charge in [-0.05, 0) is 11.8 Å². The molecule has 2 saturated heterocycles. The smallest absolute Gasteiger partial charge is 0.107 e. The molecule has 0 aromatic carbocycles. The number of aromatic nitrogens is 1. The number of piperazine rings is 1. The number of nitrogens with one attached hydrogen (secondary N) is 1. The molecule has 2 aliphatic rings. The minimum atomic E-state index is 0. The number of nitrogens with zero attached hydrogens (tertiary/aromatic N) is 3. The van der Waals surface area contributed by atoms with Gasteiger partial charge in [0, 0.05) is 56.4 Å². The molecule has 1 unspecified atom stereocenters. The van der Waals surface area contributed by atoms with Crippen LogP contribution >= 0.6 is 23.7 Å². The van der Waals surface area contributed by atoms with Gasteiger partial charge in [-0.25, -0.2) is 4.98 Å². The van der Waals surface area contributed by atoms with Gasteiger partial charge in [0.15, 0.2) is 0 Å². The van der Waals surface area contributed by atoms with Crippen LogP contribution in [0.2, 0.25) is 0 Å². The summed E-state index contributed by atoms with van der Waals surface area (Å²) >= 11 is 1.89. The first-order chi connectivity index (χ1) is 10.0. The van der Waals surface area contributed by atoms with E-state index in [2.05, 4.69) is 47.1 Å². The van der Waals surface area contributed by atoms with E-state index in [1.807, 2.05) is 11.3 Å². The first kappa shape index (κ1) is 18.1. The van der Waals surface area contributed by atoms with E-state index in [9.17, 15) is 0 Å². The Hall–Kier alpha value is -0.200. The van der Waals surface area contributed by atoms with Crippen molar-refractivity contribution in [2.75, 3.05) is 39.3 Å². The Bertz CT molecular complexity index is 465. The zero-order chi connectivity index (χ0) is 14.9. The van der Waals surface area contributed by atoms with E-state index in [1.54, 1.807) is 0 Å². The van der Waals surface area contributed by atoms with Crippen molar-refractivity contribution in [1.82, 2.24) is 20.1 Å². The minimum Gasteiger partial charge on any atom is -0.314 e. The van der Waals surface area contributed by atoms with Crippen molar-refractivity contribution in [2.24, 2.45) is 0 Å². The Kier molecular flexibility index (Phi) is 6.25. The van der Waals surface area contributed by atoms with Crippen molar-refractivity contribution in [3.05, 3.63) is 16.1 Å². The zero-order valence-corrected chi connectivity index (χ0v) is 15.6. The standard InChI is InChI=1S/C16H28N4S.ClH/c1-16(2,3)14-10-18-15(21-14)12-19-7-4-13(11-19)20-8-5-17-6-9-20;/h10,13,17H,4-9,11-12H2,1-3H3;1H. The van der Waals surface area contributed by atoms with Crippen LogP contribution in [-0.2, 0) is 12.0 Å². The second-order valence-corrected chi connectivity index (χ2v) is 8.45. The maximum Gasteiger partial charge on any atom is 0.107 e. The third kappa shape index (κ3) is 4.42. The summed E-state index contributed by atoms with van der Waals surface area (Å²) in [6, 6.07) is 0.758. The van der Waals surface area contributed by atoms with Gasteiger partial charge in [-0.2, -0.15) is 0 Å². The van der Waals surface area contributed by atoms with Gasteiger partial charge in [-0.3, -0.25) is 9.80 Å². The molecule has 0 radical (unpaired) electrons. The van der Waals surface area contributed by atoms with Crippen molar-refractivity contribution in [3.63, 3.8) is 0 Å². The highest BCUT2D eigenvalue weighted by molar-refractivity contribution is 7.11. The zero-order valence-electron chi connectivity index (χ0n) is 14.0. The Morgan fingerprint density at radius 1 is 1.27 bits per heavy atom. The second kappa shape index (κ2) is 7.58. The van der Waals surface area contributed by atoms with E-state index in [0.29, 0.717) is 0 Å². The van der Waals surface area contributed by atoms with Crippen molar-refractivity contribution in [3.8, 4) is 0 Å². The fourth-order valence-electron chi connectivity index (χ4n) is 3.22. The number of rotatable bonds is 3. The van der Waals surface area contributed by atoms with Crippen LogP contribution in [0, 0.1) is 0 Å². The second-order valence-electron chi connectivity index (χ2n) is 7.33. The van der Waals surface area contributed by atoms with Gasteiger partial charge in [-0.15, -0.1) is 23.7 Å². The summed E-state index contributed by atoms with van der Waals surface area (Å²) in [4.78, 5) is 11.3. The third-order valence-electron chi connectivity index (χ3n) is 4.57. The van der Waals surface area contributed by atoms with Gasteiger partial charge < -0.3 is 5.32 Å². The molecule has 126 valence electrons. The van der Waals surface area contributed by atoms with Crippen molar-refractivity contribution >= 4 is 23.7 Å². The summed E-state index contributed by atoms with van der Waals surface area (Å²) in [7, 11) is 0. The van der Waals surface area contributed by atoms with Crippen LogP contribution in [-0.4, -0.2) is 60.1 Å². The normalized spacial score (nSPS) is 24.4. The predicted molar refractivity (Wildman–Crippen MR) is 96.2 cm³/mol. The van der Waals surface area contributed by atoms with Crippen LogP contribution in [0.15, 0.2) is 6.20 Å². The average Bonchev–Trinajstić information content (AvgIpc) is 3.09. The molecule has 0 amide bonds. The van der Waals surface area contributed by atoms with Crippen molar-refractivity contribution in [2.45, 2.75) is 45.2 Å². The summed E-state index contributed by atoms with van der Waals surface area (Å²) in [5, 5.41) is 4.72. The number of hydrogen-bond donors (Lipinski definition) is 1. The highest BCUT2D eigenvalue weighted by Gasteiger charge is 2.29. The fourth-order valence-corrected chi connectivity index (χ4v) is 4.24. The monoisotopic (exact) mass is 344 g/mol. The van der Waals surface area contributed by atoms with Gasteiger partial charge in [-0.1, -0.05) is 20.8 Å². The van der Waals surface area contributed by atoms with E-state index >= 15 is 0 Å². The minimum absolute atomic E-state index is 0. The first-order valence-electron chi connectivity index (χ1n) is 8.15. The lowest BCUT2D eigenvalue weighted by atomic mass is 9.96. The van der Waals surface area contributed by atoms with Gasteiger partial charge in [0.25, 0.3) is 0 Å². The molecule has 22 heavy (non-hydrogen) atoms. The van der Waals surface area contributed by atoms with Gasteiger partial charge >= 0.3 is 0 Å². The van der Waals surface area contributed by atoms with Crippen LogP contribution in [0.25, 0.3) is 0 Å². The Balaban J connectivity index is 0.00000176. The maximum absolute atomic E-state index is 4.64. The molecule has 1 aromatic rings. The third-order valence-corrected chi connectivity index (χ3v) is 5.97. The molecule has 1 N–H and O–H groups in total. The van der Waals surface area contributed by atoms with Crippen LogP contribution in [0.5, 0.6) is 0 Å². The molecule has 0 aliphatic carbocycles. The summed E-state index contributed by atoms with van der Waals surface area (Å²) < 4.78 is 0. The SMILES string of the molecule is CC(C)(C)c1cnc(CN2CCC(N3CCNCC3)C2)s1.Cl. The lowest BCUT2D eigenvalue weighted by Gasteiger charge is -2.32. The number of thiazole rings is 1. The van der Waals surface area contributed by atoms with Gasteiger partial charge in [0.2, 0.25) is 0 Å². The van der Waals surface area contributed by atoms with E-state index in [-0.39, 0.29) is 17.8 Å². The van der Waals surface area contributed by atoms with Crippen LogP contribution in [0.1, 0.15) is 37.1 Å². The summed E-state index contributed by atoms with van der Waals surface area (Å²) in [6.07, 6.45) is 3.39. The molecule has 0 saturated carbocycles. The molecule has 2 aliphatic heterocycles. The van der Waals surface area contributed by atoms with E-state index in [4.69, 9.17) is 0 Å². The number of halogens is 1. The van der Waals surface area contributed by atoms with Crippen LogP contribution < -0.4 is 5.32 Å². The van der Waals surface area contributed by atoms with Gasteiger partial charge in [0.05, 0.1) is 6.54 Å². The molecule has 3 heterocycles. The highest BCUT2D eigenvalue weighted by atomic mass is 35.5. The molecule has 1 atom stereocenters. The molecule has 0 spiro atoms. The number of likely N-dealkylation sites (tertiary alicyclic amines) is 1. The molecule has 4 nitrogen and oxygen atoms in total. The molecule has 2 fully saturated rings. The van der Waals surface area contributed by atoms with E-state index in [0.717, 1.165) is 25.7 Å². The lowest BCUT2D eigenvalue weighted by Crippen LogP contribution is -2.49. The molecule has 6 heteroatoms. The Labute approximate surface area is 144 Å². The lowest BCUT2D eigenvalue weighted by molar-refractivity contribution is 0.170. The molecule has 0 bridgehead atoms. The fraction of sp³-hybridized carbons (Fsp3) is 0.812. The Morgan fingerprint density at radius 3 is 2.64 bits per heavy atom. The van der Waals surface area contributed by atoms with E-state index in [1.165, 1.54) is 42.5 Å². The van der Waals surface area contributed by atoms with Gasteiger partial charge in [0.1, 0.15) is 5.01 Å². The largest absolute Gasteiger partial charge is 0.314 e. The van der Waals surface area contributed by atoms with Crippen molar-refractivity contribution < 1.29 is 0 Å². The summed E-state index contributed by atoms with van der Waals surface area (Å²) in [5.74, 6) is 0. The quantitative estimate of drug-likeness (QED) is 0.912. The maximum atomic E-state index is 4.64.